The van der Waals surface area contributed by atoms with E-state index in [0.717, 1.165) is 11.8 Å². The second kappa shape index (κ2) is 6.01. The Kier molecular flexibility index (Phi) is 5.15. The van der Waals surface area contributed by atoms with Crippen LogP contribution in [0.4, 0.5) is 0 Å². The molecular formula is C10H14ClNO4S2. The molecule has 0 aliphatic rings. The first-order valence-corrected chi connectivity index (χ1v) is 9.18. The van der Waals surface area contributed by atoms with Crippen molar-refractivity contribution in [2.24, 2.45) is 0 Å². The molecule has 1 aromatic rings. The maximum atomic E-state index is 11.4. The average molecular weight is 312 g/mol. The van der Waals surface area contributed by atoms with E-state index >= 15 is 0 Å². The molecule has 0 heterocycles. The molecule has 0 radical (unpaired) electrons. The Morgan fingerprint density at radius 1 is 1.17 bits per heavy atom. The van der Waals surface area contributed by atoms with Gasteiger partial charge in [-0.25, -0.2) is 21.6 Å². The van der Waals surface area contributed by atoms with E-state index < -0.39 is 30.3 Å². The summed E-state index contributed by atoms with van der Waals surface area (Å²) in [6, 6.07) is 8.93. The van der Waals surface area contributed by atoms with Crippen LogP contribution in [-0.2, 0) is 19.9 Å². The lowest BCUT2D eigenvalue weighted by Gasteiger charge is -2.11. The molecule has 0 saturated heterocycles. The van der Waals surface area contributed by atoms with E-state index in [1.807, 2.05) is 6.07 Å². The van der Waals surface area contributed by atoms with Crippen LogP contribution in [0, 0.1) is 0 Å². The standard InChI is InChI=1S/C10H14ClNO4S2/c1-17(13,14)8-18(15,16)12-7-10(11)9-5-3-2-4-6-9/h2-6,10,12H,7-8H2,1H3. The first-order chi connectivity index (χ1) is 8.20. The van der Waals surface area contributed by atoms with Gasteiger partial charge in [-0.05, 0) is 5.56 Å². The molecule has 0 aromatic heterocycles. The van der Waals surface area contributed by atoms with E-state index in [0.29, 0.717) is 0 Å². The van der Waals surface area contributed by atoms with Gasteiger partial charge in [0.05, 0.1) is 5.38 Å². The number of sulfonamides is 1. The Balaban J connectivity index is 2.61. The van der Waals surface area contributed by atoms with Gasteiger partial charge in [0.15, 0.2) is 14.9 Å². The smallest absolute Gasteiger partial charge is 0.226 e. The third-order valence-electron chi connectivity index (χ3n) is 2.01. The first kappa shape index (κ1) is 15.4. The van der Waals surface area contributed by atoms with E-state index in [-0.39, 0.29) is 6.54 Å². The van der Waals surface area contributed by atoms with Crippen molar-refractivity contribution in [3.8, 4) is 0 Å². The lowest BCUT2D eigenvalue weighted by molar-refractivity contribution is 0.580. The summed E-state index contributed by atoms with van der Waals surface area (Å²) in [7, 11) is -7.45. The fraction of sp³-hybridized carbons (Fsp3) is 0.400. The van der Waals surface area contributed by atoms with Gasteiger partial charge in [0.25, 0.3) is 0 Å². The van der Waals surface area contributed by atoms with E-state index in [2.05, 4.69) is 4.72 Å². The first-order valence-electron chi connectivity index (χ1n) is 5.04. The van der Waals surface area contributed by atoms with Crippen molar-refractivity contribution >= 4 is 31.5 Å². The summed E-state index contributed by atoms with van der Waals surface area (Å²) < 4.78 is 46.9. The maximum absolute atomic E-state index is 11.4. The van der Waals surface area contributed by atoms with Crippen molar-refractivity contribution in [3.05, 3.63) is 35.9 Å². The van der Waals surface area contributed by atoms with Gasteiger partial charge in [0.2, 0.25) is 10.0 Å². The average Bonchev–Trinajstić information content (AvgIpc) is 2.24. The predicted molar refractivity (Wildman–Crippen MR) is 71.7 cm³/mol. The summed E-state index contributed by atoms with van der Waals surface area (Å²) in [5.74, 6) is 0. The molecule has 18 heavy (non-hydrogen) atoms. The maximum Gasteiger partial charge on any atom is 0.226 e. The summed E-state index contributed by atoms with van der Waals surface area (Å²) in [6.45, 7) is -0.0522. The van der Waals surface area contributed by atoms with Gasteiger partial charge in [0.1, 0.15) is 0 Å². The summed E-state index contributed by atoms with van der Waals surface area (Å²) in [5.41, 5.74) is 0.765. The van der Waals surface area contributed by atoms with Crippen LogP contribution in [0.1, 0.15) is 10.9 Å². The largest absolute Gasteiger partial charge is 0.228 e. The molecule has 1 aromatic carbocycles. The van der Waals surface area contributed by atoms with Gasteiger partial charge < -0.3 is 0 Å². The van der Waals surface area contributed by atoms with Gasteiger partial charge in [0, 0.05) is 12.8 Å². The van der Waals surface area contributed by atoms with Crippen molar-refractivity contribution in [2.75, 3.05) is 17.9 Å². The van der Waals surface area contributed by atoms with E-state index in [9.17, 15) is 16.8 Å². The highest BCUT2D eigenvalue weighted by molar-refractivity contribution is 8.06. The Hall–Kier alpha value is -0.630. The van der Waals surface area contributed by atoms with Gasteiger partial charge >= 0.3 is 0 Å². The summed E-state index contributed by atoms with van der Waals surface area (Å²) >= 11 is 6.01. The van der Waals surface area contributed by atoms with E-state index in [1.165, 1.54) is 0 Å². The monoisotopic (exact) mass is 311 g/mol. The SMILES string of the molecule is CS(=O)(=O)CS(=O)(=O)NCC(Cl)c1ccccc1. The molecule has 1 rings (SSSR count). The second-order valence-electron chi connectivity index (χ2n) is 3.89. The summed E-state index contributed by atoms with van der Waals surface area (Å²) in [5, 5.41) is -1.47. The van der Waals surface area contributed by atoms with E-state index in [1.54, 1.807) is 24.3 Å². The molecular weight excluding hydrogens is 298 g/mol. The highest BCUT2D eigenvalue weighted by Crippen LogP contribution is 2.18. The van der Waals surface area contributed by atoms with Crippen molar-refractivity contribution in [2.45, 2.75) is 5.38 Å². The zero-order valence-electron chi connectivity index (χ0n) is 9.71. The number of nitrogens with one attached hydrogen (secondary N) is 1. The minimum atomic E-state index is -3.86. The molecule has 0 spiro atoms. The number of alkyl halides is 1. The lowest BCUT2D eigenvalue weighted by atomic mass is 10.1. The van der Waals surface area contributed by atoms with Crippen LogP contribution in [0.15, 0.2) is 30.3 Å². The molecule has 0 bridgehead atoms. The molecule has 0 fully saturated rings. The minimum absolute atomic E-state index is 0.0522. The van der Waals surface area contributed by atoms with Crippen LogP contribution in [0.2, 0.25) is 0 Å². The fourth-order valence-electron chi connectivity index (χ4n) is 1.30. The third-order valence-corrected chi connectivity index (χ3v) is 5.98. The minimum Gasteiger partial charge on any atom is -0.228 e. The van der Waals surface area contributed by atoms with Crippen molar-refractivity contribution < 1.29 is 16.8 Å². The van der Waals surface area contributed by atoms with Gasteiger partial charge in [-0.1, -0.05) is 30.3 Å². The number of benzene rings is 1. The van der Waals surface area contributed by atoms with Crippen molar-refractivity contribution in [1.29, 1.82) is 0 Å². The van der Waals surface area contributed by atoms with Crippen LogP contribution in [-0.4, -0.2) is 34.7 Å². The lowest BCUT2D eigenvalue weighted by Crippen LogP contribution is -2.32. The summed E-state index contributed by atoms with van der Waals surface area (Å²) in [6.07, 6.45) is 0.863. The van der Waals surface area contributed by atoms with E-state index in [4.69, 9.17) is 11.6 Å². The highest BCUT2D eigenvalue weighted by Gasteiger charge is 2.19. The Bertz CT molecular complexity index is 584. The summed E-state index contributed by atoms with van der Waals surface area (Å²) in [4.78, 5) is 0. The number of rotatable bonds is 6. The molecule has 0 aliphatic carbocycles. The normalized spacial score (nSPS) is 14.3. The molecule has 0 amide bonds. The topological polar surface area (TPSA) is 80.3 Å². The zero-order chi connectivity index (χ0) is 13.8. The number of hydrogen-bond acceptors (Lipinski definition) is 4. The van der Waals surface area contributed by atoms with Gasteiger partial charge in [-0.3, -0.25) is 0 Å². The Morgan fingerprint density at radius 2 is 1.72 bits per heavy atom. The molecule has 1 atom stereocenters. The second-order valence-corrected chi connectivity index (χ2v) is 8.72. The van der Waals surface area contributed by atoms with Crippen molar-refractivity contribution in [3.63, 3.8) is 0 Å². The van der Waals surface area contributed by atoms with Crippen LogP contribution < -0.4 is 4.72 Å². The Labute approximate surface area is 112 Å². The van der Waals surface area contributed by atoms with Crippen LogP contribution in [0.3, 0.4) is 0 Å². The molecule has 5 nitrogen and oxygen atoms in total. The molecule has 1 unspecified atom stereocenters. The Morgan fingerprint density at radius 3 is 2.22 bits per heavy atom. The predicted octanol–water partition coefficient (Wildman–Crippen LogP) is 0.888. The van der Waals surface area contributed by atoms with Crippen LogP contribution in [0.25, 0.3) is 0 Å². The number of halogens is 1. The van der Waals surface area contributed by atoms with Crippen LogP contribution in [0.5, 0.6) is 0 Å². The quantitative estimate of drug-likeness (QED) is 0.791. The van der Waals surface area contributed by atoms with Gasteiger partial charge in [-0.15, -0.1) is 11.6 Å². The zero-order valence-corrected chi connectivity index (χ0v) is 12.1. The van der Waals surface area contributed by atoms with Crippen LogP contribution >= 0.6 is 11.6 Å². The molecule has 8 heteroatoms. The fourth-order valence-corrected chi connectivity index (χ4v) is 4.63. The molecule has 1 N–H and O–H groups in total. The van der Waals surface area contributed by atoms with Crippen molar-refractivity contribution in [1.82, 2.24) is 4.72 Å². The molecule has 0 saturated carbocycles. The third kappa shape index (κ3) is 5.81. The molecule has 102 valence electrons. The van der Waals surface area contributed by atoms with Gasteiger partial charge in [-0.2, -0.15) is 0 Å². The number of sulfone groups is 1. The molecule has 0 aliphatic heterocycles. The number of hydrogen-bond donors (Lipinski definition) is 1. The highest BCUT2D eigenvalue weighted by atomic mass is 35.5.